The number of carbonyl (C=O) groups excluding carboxylic acids is 1. The number of nitro benzene ring substituents is 1. The fourth-order valence-corrected chi connectivity index (χ4v) is 0.801. The maximum atomic E-state index is 12.7. The van der Waals surface area contributed by atoms with Crippen molar-refractivity contribution in [3.05, 3.63) is 33.9 Å². The number of isocyanates is 1. The van der Waals surface area contributed by atoms with E-state index in [0.29, 0.717) is 6.07 Å². The summed E-state index contributed by atoms with van der Waals surface area (Å²) < 4.78 is 25.4. The molecule has 0 saturated carbocycles. The smallest absolute Gasteiger partial charge is 0.258 e. The van der Waals surface area contributed by atoms with Crippen LogP contribution in [0.15, 0.2) is 17.1 Å². The molecule has 0 N–H and O–H groups in total. The van der Waals surface area contributed by atoms with E-state index in [0.717, 1.165) is 6.08 Å². The first-order chi connectivity index (χ1) is 6.56. The predicted molar refractivity (Wildman–Crippen MR) is 40.8 cm³/mol. The van der Waals surface area contributed by atoms with Crippen LogP contribution in [0, 0.1) is 21.7 Å². The van der Waals surface area contributed by atoms with E-state index in [1.165, 1.54) is 0 Å². The Bertz CT molecular complexity index is 418. The highest BCUT2D eigenvalue weighted by Gasteiger charge is 2.18. The minimum Gasteiger partial charge on any atom is -0.258 e. The zero-order valence-corrected chi connectivity index (χ0v) is 6.53. The summed E-state index contributed by atoms with van der Waals surface area (Å²) in [6.45, 7) is 0. The number of aliphatic imine (C=N–C) groups is 1. The molecule has 0 bridgehead atoms. The van der Waals surface area contributed by atoms with Crippen molar-refractivity contribution in [2.45, 2.75) is 0 Å². The van der Waals surface area contributed by atoms with Crippen LogP contribution in [-0.4, -0.2) is 11.0 Å². The van der Waals surface area contributed by atoms with E-state index in [1.54, 1.807) is 0 Å². The Kier molecular flexibility index (Phi) is 2.64. The molecular formula is C7H2F2N2O3. The first-order valence-electron chi connectivity index (χ1n) is 3.27. The van der Waals surface area contributed by atoms with Crippen LogP contribution in [0.5, 0.6) is 0 Å². The third kappa shape index (κ3) is 1.78. The monoisotopic (exact) mass is 200 g/mol. The Morgan fingerprint density at radius 1 is 1.36 bits per heavy atom. The lowest BCUT2D eigenvalue weighted by Gasteiger charge is -1.96. The maximum Gasteiger partial charge on any atom is 0.307 e. The normalized spacial score (nSPS) is 9.29. The Balaban J connectivity index is 3.41. The van der Waals surface area contributed by atoms with Crippen LogP contribution in [0.2, 0.25) is 0 Å². The Hall–Kier alpha value is -2.14. The summed E-state index contributed by atoms with van der Waals surface area (Å²) in [5.74, 6) is -2.48. The van der Waals surface area contributed by atoms with Crippen molar-refractivity contribution in [1.29, 1.82) is 0 Å². The number of benzene rings is 1. The number of hydrogen-bond donors (Lipinski definition) is 0. The standard InChI is InChI=1S/C7H2F2N2O3/c8-4-1-5(9)7(11(13)14)2-6(4)10-3-12/h1-2H. The van der Waals surface area contributed by atoms with Gasteiger partial charge in [-0.2, -0.15) is 9.38 Å². The van der Waals surface area contributed by atoms with Crippen LogP contribution in [0.4, 0.5) is 20.2 Å². The lowest BCUT2D eigenvalue weighted by atomic mass is 10.2. The molecule has 0 saturated heterocycles. The van der Waals surface area contributed by atoms with Crippen LogP contribution in [0.1, 0.15) is 0 Å². The quantitative estimate of drug-likeness (QED) is 0.316. The first kappa shape index (κ1) is 9.94. The minimum atomic E-state index is -1.32. The molecule has 1 aromatic rings. The topological polar surface area (TPSA) is 72.6 Å². The molecule has 0 spiro atoms. The SMILES string of the molecule is O=C=Nc1cc([N+](=O)[O-])c(F)cc1F. The number of hydrogen-bond acceptors (Lipinski definition) is 4. The van der Waals surface area contributed by atoms with Crippen LogP contribution in [0.3, 0.4) is 0 Å². The molecule has 1 aromatic carbocycles. The summed E-state index contributed by atoms with van der Waals surface area (Å²) in [6.07, 6.45) is 1.00. The largest absolute Gasteiger partial charge is 0.307 e. The third-order valence-corrected chi connectivity index (χ3v) is 1.38. The maximum absolute atomic E-state index is 12.7. The van der Waals surface area contributed by atoms with Crippen molar-refractivity contribution < 1.29 is 18.5 Å². The van der Waals surface area contributed by atoms with E-state index in [1.807, 2.05) is 0 Å². The van der Waals surface area contributed by atoms with Crippen LogP contribution < -0.4 is 0 Å². The fourth-order valence-electron chi connectivity index (χ4n) is 0.801. The first-order valence-corrected chi connectivity index (χ1v) is 3.27. The van der Waals surface area contributed by atoms with E-state index in [-0.39, 0.29) is 6.07 Å². The molecule has 0 atom stereocenters. The predicted octanol–water partition coefficient (Wildman–Crippen LogP) is 1.84. The van der Waals surface area contributed by atoms with Gasteiger partial charge in [-0.15, -0.1) is 0 Å². The van der Waals surface area contributed by atoms with Crippen molar-refractivity contribution in [3.8, 4) is 0 Å². The van der Waals surface area contributed by atoms with Gasteiger partial charge in [-0.25, -0.2) is 9.18 Å². The lowest BCUT2D eigenvalue weighted by Crippen LogP contribution is -1.93. The van der Waals surface area contributed by atoms with Gasteiger partial charge in [0.1, 0.15) is 5.69 Å². The molecule has 5 nitrogen and oxygen atoms in total. The van der Waals surface area contributed by atoms with Gasteiger partial charge >= 0.3 is 5.69 Å². The summed E-state index contributed by atoms with van der Waals surface area (Å²) in [5, 5.41) is 10.2. The number of nitrogens with zero attached hydrogens (tertiary/aromatic N) is 2. The highest BCUT2D eigenvalue weighted by Crippen LogP contribution is 2.26. The van der Waals surface area contributed by atoms with Crippen LogP contribution in [-0.2, 0) is 4.79 Å². The van der Waals surface area contributed by atoms with Crippen molar-refractivity contribution in [1.82, 2.24) is 0 Å². The number of nitro groups is 1. The minimum absolute atomic E-state index is 0.286. The molecule has 0 aliphatic rings. The van der Waals surface area contributed by atoms with E-state index in [9.17, 15) is 23.7 Å². The summed E-state index contributed by atoms with van der Waals surface area (Å²) >= 11 is 0. The van der Waals surface area contributed by atoms with Crippen molar-refractivity contribution >= 4 is 17.5 Å². The third-order valence-electron chi connectivity index (χ3n) is 1.38. The highest BCUT2D eigenvalue weighted by atomic mass is 19.1. The van der Waals surface area contributed by atoms with Crippen LogP contribution >= 0.6 is 0 Å². The molecule has 0 unspecified atom stereocenters. The van der Waals surface area contributed by atoms with Crippen LogP contribution in [0.25, 0.3) is 0 Å². The van der Waals surface area contributed by atoms with Gasteiger partial charge in [0.05, 0.1) is 4.92 Å². The van der Waals surface area contributed by atoms with Crippen molar-refractivity contribution in [3.63, 3.8) is 0 Å². The molecule has 0 fully saturated rings. The summed E-state index contributed by atoms with van der Waals surface area (Å²) in [6, 6.07) is 0.809. The van der Waals surface area contributed by atoms with Gasteiger partial charge in [0.25, 0.3) is 0 Å². The number of rotatable bonds is 2. The van der Waals surface area contributed by atoms with Gasteiger partial charge in [-0.1, -0.05) is 0 Å². The molecule has 0 aliphatic carbocycles. The summed E-state index contributed by atoms with van der Waals surface area (Å²) in [5.41, 5.74) is -1.56. The van der Waals surface area contributed by atoms with Gasteiger partial charge in [-0.3, -0.25) is 10.1 Å². The van der Waals surface area contributed by atoms with E-state index < -0.39 is 27.9 Å². The van der Waals surface area contributed by atoms with Gasteiger partial charge in [-0.05, 0) is 0 Å². The molecule has 1 rings (SSSR count). The van der Waals surface area contributed by atoms with Gasteiger partial charge in [0.2, 0.25) is 11.9 Å². The summed E-state index contributed by atoms with van der Waals surface area (Å²) in [7, 11) is 0. The second-order valence-corrected chi connectivity index (χ2v) is 2.22. The van der Waals surface area contributed by atoms with E-state index in [4.69, 9.17) is 0 Å². The molecule has 0 aliphatic heterocycles. The van der Waals surface area contributed by atoms with Crippen molar-refractivity contribution in [2.24, 2.45) is 4.99 Å². The molecule has 0 aromatic heterocycles. The molecule has 7 heteroatoms. The molecule has 0 amide bonds. The molecule has 14 heavy (non-hydrogen) atoms. The van der Waals surface area contributed by atoms with Gasteiger partial charge in [0, 0.05) is 12.1 Å². The average Bonchev–Trinajstić information content (AvgIpc) is 2.09. The molecule has 0 radical (unpaired) electrons. The second-order valence-electron chi connectivity index (χ2n) is 2.22. The summed E-state index contributed by atoms with van der Waals surface area (Å²) in [4.78, 5) is 21.8. The zero-order chi connectivity index (χ0) is 10.7. The molecule has 72 valence electrons. The second kappa shape index (κ2) is 3.71. The van der Waals surface area contributed by atoms with Gasteiger partial charge < -0.3 is 0 Å². The Morgan fingerprint density at radius 3 is 2.50 bits per heavy atom. The Labute approximate surface area is 75.8 Å². The van der Waals surface area contributed by atoms with Crippen molar-refractivity contribution in [2.75, 3.05) is 0 Å². The fraction of sp³-hybridized carbons (Fsp3) is 0. The Morgan fingerprint density at radius 2 is 2.00 bits per heavy atom. The van der Waals surface area contributed by atoms with Gasteiger partial charge in [0.15, 0.2) is 5.82 Å². The zero-order valence-electron chi connectivity index (χ0n) is 6.53. The van der Waals surface area contributed by atoms with E-state index >= 15 is 0 Å². The molecular weight excluding hydrogens is 198 g/mol. The average molecular weight is 200 g/mol. The molecule has 0 heterocycles. The highest BCUT2D eigenvalue weighted by molar-refractivity contribution is 5.54. The lowest BCUT2D eigenvalue weighted by molar-refractivity contribution is -0.387. The number of halogens is 2. The van der Waals surface area contributed by atoms with E-state index in [2.05, 4.69) is 4.99 Å².